The van der Waals surface area contributed by atoms with E-state index in [0.29, 0.717) is 27.9 Å². The van der Waals surface area contributed by atoms with Gasteiger partial charge in [-0.15, -0.1) is 4.98 Å². The number of carbonyl (C=O) groups excluding carboxylic acids is 1. The molecule has 2 aromatic heterocycles. The molecule has 2 bridgehead atoms. The van der Waals surface area contributed by atoms with Crippen molar-refractivity contribution in [3.63, 3.8) is 0 Å². The first-order chi connectivity index (χ1) is 11.2. The van der Waals surface area contributed by atoms with Gasteiger partial charge in [-0.25, -0.2) is 0 Å². The highest BCUT2D eigenvalue weighted by molar-refractivity contribution is 7.15. The van der Waals surface area contributed by atoms with Crippen LogP contribution < -0.4 is 20.1 Å². The molecule has 3 atom stereocenters. The third-order valence-electron chi connectivity index (χ3n) is 4.28. The largest absolute Gasteiger partial charge is 0.479 e. The highest BCUT2D eigenvalue weighted by atomic mass is 32.1. The number of thiophene rings is 1. The summed E-state index contributed by atoms with van der Waals surface area (Å²) in [6.45, 7) is 0. The molecule has 4 heterocycles. The number of oxazole rings is 1. The molecule has 2 aromatic rings. The molecule has 122 valence electrons. The van der Waals surface area contributed by atoms with Crippen LogP contribution in [0.3, 0.4) is 0 Å². The van der Waals surface area contributed by atoms with Crippen LogP contribution in [0.15, 0.2) is 22.8 Å². The Morgan fingerprint density at radius 2 is 2.39 bits per heavy atom. The average Bonchev–Trinajstić information content (AvgIpc) is 3.32. The van der Waals surface area contributed by atoms with Gasteiger partial charge in [0.25, 0.3) is 11.8 Å². The van der Waals surface area contributed by atoms with Gasteiger partial charge in [0, 0.05) is 18.1 Å². The predicted octanol–water partition coefficient (Wildman–Crippen LogP) is 2.16. The van der Waals surface area contributed by atoms with Crippen LogP contribution in [0.4, 0.5) is 0 Å². The third kappa shape index (κ3) is 2.91. The molecule has 8 heteroatoms. The Kier molecular flexibility index (Phi) is 3.70. The van der Waals surface area contributed by atoms with Gasteiger partial charge in [-0.05, 0) is 31.4 Å². The Labute approximate surface area is 137 Å². The quantitative estimate of drug-likeness (QED) is 0.871. The first-order valence-corrected chi connectivity index (χ1v) is 8.37. The molecule has 3 unspecified atom stereocenters. The van der Waals surface area contributed by atoms with Gasteiger partial charge in [-0.1, -0.05) is 11.3 Å². The molecule has 2 N–H and O–H groups in total. The zero-order valence-electron chi connectivity index (χ0n) is 12.6. The maximum atomic E-state index is 12.4. The lowest BCUT2D eigenvalue weighted by Gasteiger charge is -2.20. The molecule has 2 aliphatic heterocycles. The summed E-state index contributed by atoms with van der Waals surface area (Å²) in [4.78, 5) is 16.9. The molecule has 2 aliphatic rings. The van der Waals surface area contributed by atoms with Crippen molar-refractivity contribution in [2.24, 2.45) is 0 Å². The molecular weight excluding hydrogens is 318 g/mol. The Morgan fingerprint density at radius 1 is 1.48 bits per heavy atom. The summed E-state index contributed by atoms with van der Waals surface area (Å²) < 4.78 is 15.5. The van der Waals surface area contributed by atoms with E-state index in [1.807, 2.05) is 0 Å². The summed E-state index contributed by atoms with van der Waals surface area (Å²) in [6, 6.07) is 4.68. The summed E-state index contributed by atoms with van der Waals surface area (Å²) >= 11 is 1.26. The van der Waals surface area contributed by atoms with E-state index >= 15 is 0 Å². The van der Waals surface area contributed by atoms with Crippen LogP contribution in [0.1, 0.15) is 28.9 Å². The normalized spacial score (nSPS) is 25.5. The minimum atomic E-state index is -0.0609. The van der Waals surface area contributed by atoms with Crippen molar-refractivity contribution in [1.82, 2.24) is 15.6 Å². The van der Waals surface area contributed by atoms with Crippen LogP contribution >= 0.6 is 11.3 Å². The number of rotatable bonds is 5. The number of aromatic nitrogens is 1. The van der Waals surface area contributed by atoms with Gasteiger partial charge in [0.15, 0.2) is 11.3 Å². The smallest absolute Gasteiger partial charge is 0.403 e. The summed E-state index contributed by atoms with van der Waals surface area (Å²) in [7, 11) is 1.50. The zero-order valence-corrected chi connectivity index (χ0v) is 13.4. The molecular formula is C15H17N3O4S. The van der Waals surface area contributed by atoms with Gasteiger partial charge in [0.05, 0.1) is 12.0 Å². The number of fused-ring (bicyclic) bond motifs is 2. The molecule has 7 nitrogen and oxygen atoms in total. The predicted molar refractivity (Wildman–Crippen MR) is 83.3 cm³/mol. The monoisotopic (exact) mass is 335 g/mol. The standard InChI is InChI=1S/C15H17N3O4S/c1-20-12-7-21-15(18-12)22-13-5-4-11(23-13)14(19)17-10-6-8-2-3-9(10)16-8/h4-5,7-10,16H,2-3,6H2,1H3,(H,17,19). The van der Waals surface area contributed by atoms with Crippen LogP contribution in [0, 0.1) is 0 Å². The lowest BCUT2D eigenvalue weighted by Crippen LogP contribution is -2.42. The van der Waals surface area contributed by atoms with Crippen LogP contribution in [0.5, 0.6) is 17.0 Å². The number of methoxy groups -OCH3 is 1. The van der Waals surface area contributed by atoms with E-state index < -0.39 is 0 Å². The van der Waals surface area contributed by atoms with Crippen LogP contribution in [0.25, 0.3) is 0 Å². The van der Waals surface area contributed by atoms with Gasteiger partial charge in [0.2, 0.25) is 0 Å². The van der Waals surface area contributed by atoms with Crippen LogP contribution in [0.2, 0.25) is 0 Å². The number of carbonyl (C=O) groups is 1. The number of amides is 1. The van der Waals surface area contributed by atoms with E-state index in [1.165, 1.54) is 31.1 Å². The highest BCUT2D eigenvalue weighted by Crippen LogP contribution is 2.31. The maximum absolute atomic E-state index is 12.4. The molecule has 0 saturated carbocycles. The van der Waals surface area contributed by atoms with E-state index in [9.17, 15) is 4.79 Å². The summed E-state index contributed by atoms with van der Waals surface area (Å²) in [5.41, 5.74) is 0. The van der Waals surface area contributed by atoms with Gasteiger partial charge < -0.3 is 24.5 Å². The van der Waals surface area contributed by atoms with E-state index in [4.69, 9.17) is 13.9 Å². The zero-order chi connectivity index (χ0) is 15.8. The highest BCUT2D eigenvalue weighted by Gasteiger charge is 2.39. The second kappa shape index (κ2) is 5.86. The minimum absolute atomic E-state index is 0.0609. The van der Waals surface area contributed by atoms with Gasteiger partial charge in [0.1, 0.15) is 0 Å². The van der Waals surface area contributed by atoms with E-state index in [-0.39, 0.29) is 18.0 Å². The van der Waals surface area contributed by atoms with Crippen molar-refractivity contribution in [1.29, 1.82) is 0 Å². The van der Waals surface area contributed by atoms with Gasteiger partial charge >= 0.3 is 6.08 Å². The number of nitrogens with zero attached hydrogens (tertiary/aromatic N) is 1. The topological polar surface area (TPSA) is 85.6 Å². The van der Waals surface area contributed by atoms with Crippen molar-refractivity contribution in [3.8, 4) is 17.0 Å². The van der Waals surface area contributed by atoms with E-state index in [2.05, 4.69) is 15.6 Å². The van der Waals surface area contributed by atoms with Crippen molar-refractivity contribution in [2.75, 3.05) is 7.11 Å². The molecule has 2 saturated heterocycles. The Balaban J connectivity index is 1.38. The van der Waals surface area contributed by atoms with Crippen LogP contribution in [-0.2, 0) is 0 Å². The molecule has 23 heavy (non-hydrogen) atoms. The Morgan fingerprint density at radius 3 is 3.09 bits per heavy atom. The number of nitrogens with one attached hydrogen (secondary N) is 2. The van der Waals surface area contributed by atoms with E-state index in [0.717, 1.165) is 12.8 Å². The maximum Gasteiger partial charge on any atom is 0.403 e. The van der Waals surface area contributed by atoms with Crippen molar-refractivity contribution >= 4 is 17.2 Å². The number of hydrogen-bond acceptors (Lipinski definition) is 7. The molecule has 1 amide bonds. The second-order valence-electron chi connectivity index (χ2n) is 5.74. The fraction of sp³-hybridized carbons (Fsp3) is 0.467. The molecule has 2 fully saturated rings. The molecule has 4 rings (SSSR count). The Hall–Kier alpha value is -2.06. The molecule has 0 aliphatic carbocycles. The summed E-state index contributed by atoms with van der Waals surface area (Å²) in [5, 5.41) is 7.17. The molecule has 0 aromatic carbocycles. The Bertz CT molecular complexity index is 713. The average molecular weight is 335 g/mol. The van der Waals surface area contributed by atoms with E-state index in [1.54, 1.807) is 12.1 Å². The fourth-order valence-electron chi connectivity index (χ4n) is 3.19. The third-order valence-corrected chi connectivity index (χ3v) is 5.24. The summed E-state index contributed by atoms with van der Waals surface area (Å²) in [6.07, 6.45) is 4.82. The minimum Gasteiger partial charge on any atom is -0.479 e. The SMILES string of the molecule is COc1coc(Oc2ccc(C(=O)NC3CC4CCC3N4)s2)n1. The number of ether oxygens (including phenoxy) is 2. The first kappa shape index (κ1) is 14.5. The lowest BCUT2D eigenvalue weighted by molar-refractivity contribution is 0.0935. The summed E-state index contributed by atoms with van der Waals surface area (Å²) in [5.74, 6) is 0.285. The van der Waals surface area contributed by atoms with Crippen molar-refractivity contribution in [3.05, 3.63) is 23.3 Å². The second-order valence-corrected chi connectivity index (χ2v) is 6.79. The number of hydrogen-bond donors (Lipinski definition) is 2. The first-order valence-electron chi connectivity index (χ1n) is 7.55. The van der Waals surface area contributed by atoms with Gasteiger partial charge in [-0.3, -0.25) is 4.79 Å². The van der Waals surface area contributed by atoms with Crippen LogP contribution in [-0.4, -0.2) is 36.1 Å². The van der Waals surface area contributed by atoms with Gasteiger partial charge in [-0.2, -0.15) is 0 Å². The van der Waals surface area contributed by atoms with Crippen molar-refractivity contribution in [2.45, 2.75) is 37.4 Å². The van der Waals surface area contributed by atoms with Crippen molar-refractivity contribution < 1.29 is 18.7 Å². The fourth-order valence-corrected chi connectivity index (χ4v) is 3.94. The molecule has 0 spiro atoms. The molecule has 0 radical (unpaired) electrons. The lowest BCUT2D eigenvalue weighted by atomic mass is 9.95.